The van der Waals surface area contributed by atoms with Gasteiger partial charge in [-0.2, -0.15) is 4.37 Å². The minimum atomic E-state index is -0.254. The van der Waals surface area contributed by atoms with Gasteiger partial charge in [-0.1, -0.05) is 12.1 Å². The molecule has 0 aliphatic heterocycles. The van der Waals surface area contributed by atoms with Gasteiger partial charge in [0.2, 0.25) is 5.91 Å². The Morgan fingerprint density at radius 2 is 2.25 bits per heavy atom. The summed E-state index contributed by atoms with van der Waals surface area (Å²) in [5, 5.41) is 5.46. The first-order chi connectivity index (χ1) is 7.77. The van der Waals surface area contributed by atoms with Crippen LogP contribution in [0.3, 0.4) is 0 Å². The summed E-state index contributed by atoms with van der Waals surface area (Å²) in [5.74, 6) is -0.254. The Morgan fingerprint density at radius 3 is 3.06 bits per heavy atom. The Morgan fingerprint density at radius 1 is 1.44 bits per heavy atom. The van der Waals surface area contributed by atoms with E-state index in [4.69, 9.17) is 5.73 Å². The molecule has 84 valence electrons. The summed E-state index contributed by atoms with van der Waals surface area (Å²) in [5.41, 5.74) is 6.07. The van der Waals surface area contributed by atoms with Gasteiger partial charge >= 0.3 is 0 Å². The second-order valence-electron chi connectivity index (χ2n) is 3.53. The Balaban J connectivity index is 1.97. The van der Waals surface area contributed by atoms with Gasteiger partial charge in [-0.15, -0.1) is 0 Å². The second-order valence-corrected chi connectivity index (χ2v) is 4.30. The molecule has 0 saturated heterocycles. The number of carbonyl (C=O) groups excluding carboxylic acids is 1. The van der Waals surface area contributed by atoms with Crippen molar-refractivity contribution < 1.29 is 4.79 Å². The van der Waals surface area contributed by atoms with Gasteiger partial charge in [-0.3, -0.25) is 4.79 Å². The second kappa shape index (κ2) is 4.94. The smallest absolute Gasteiger partial charge is 0.217 e. The monoisotopic (exact) mass is 235 g/mol. The summed E-state index contributed by atoms with van der Waals surface area (Å²) in [7, 11) is 0. The standard InChI is InChI=1S/C11H13N3OS/c12-10(15)6-3-7-13-11-8-4-1-2-5-9(8)14-16-11/h1-2,4-5,13H,3,6-7H2,(H2,12,15). The van der Waals surface area contributed by atoms with Crippen molar-refractivity contribution in [3.8, 4) is 0 Å². The number of carbonyl (C=O) groups is 1. The lowest BCUT2D eigenvalue weighted by Crippen LogP contribution is -2.12. The number of nitrogens with one attached hydrogen (secondary N) is 1. The van der Waals surface area contributed by atoms with Crippen LogP contribution in [0.2, 0.25) is 0 Å². The van der Waals surface area contributed by atoms with Crippen LogP contribution < -0.4 is 11.1 Å². The minimum absolute atomic E-state index is 0.254. The maximum Gasteiger partial charge on any atom is 0.217 e. The first kappa shape index (κ1) is 10.9. The lowest BCUT2D eigenvalue weighted by Gasteiger charge is -2.01. The number of nitrogens with two attached hydrogens (primary N) is 1. The molecule has 0 radical (unpaired) electrons. The molecule has 2 rings (SSSR count). The molecule has 1 heterocycles. The first-order valence-electron chi connectivity index (χ1n) is 5.14. The molecule has 0 unspecified atom stereocenters. The summed E-state index contributed by atoms with van der Waals surface area (Å²) in [6.07, 6.45) is 1.17. The molecule has 0 bridgehead atoms. The number of hydrogen-bond acceptors (Lipinski definition) is 4. The van der Waals surface area contributed by atoms with E-state index in [1.54, 1.807) is 0 Å². The molecular weight excluding hydrogens is 222 g/mol. The molecule has 16 heavy (non-hydrogen) atoms. The molecule has 1 aromatic heterocycles. The van der Waals surface area contributed by atoms with Gasteiger partial charge < -0.3 is 11.1 Å². The zero-order chi connectivity index (χ0) is 11.4. The van der Waals surface area contributed by atoms with Crippen molar-refractivity contribution in [1.82, 2.24) is 4.37 Å². The summed E-state index contributed by atoms with van der Waals surface area (Å²) in [6.45, 7) is 0.745. The number of nitrogens with zero attached hydrogens (tertiary/aromatic N) is 1. The number of aromatic nitrogens is 1. The van der Waals surface area contributed by atoms with Crippen molar-refractivity contribution in [2.75, 3.05) is 11.9 Å². The molecule has 5 heteroatoms. The third kappa shape index (κ3) is 2.49. The molecule has 0 aliphatic rings. The van der Waals surface area contributed by atoms with Crippen LogP contribution in [0.25, 0.3) is 10.9 Å². The summed E-state index contributed by atoms with van der Waals surface area (Å²) in [6, 6.07) is 7.99. The van der Waals surface area contributed by atoms with Crippen molar-refractivity contribution in [1.29, 1.82) is 0 Å². The van der Waals surface area contributed by atoms with Crippen LogP contribution in [0.5, 0.6) is 0 Å². The maximum absolute atomic E-state index is 10.6. The number of benzene rings is 1. The number of anilines is 1. The molecule has 0 fully saturated rings. The van der Waals surface area contributed by atoms with Gasteiger partial charge in [-0.05, 0) is 30.1 Å². The van der Waals surface area contributed by atoms with Crippen molar-refractivity contribution in [2.24, 2.45) is 5.73 Å². The number of hydrogen-bond donors (Lipinski definition) is 2. The van der Waals surface area contributed by atoms with Crippen LogP contribution >= 0.6 is 11.5 Å². The third-order valence-corrected chi connectivity index (χ3v) is 3.10. The summed E-state index contributed by atoms with van der Waals surface area (Å²) in [4.78, 5) is 10.6. The normalized spacial score (nSPS) is 10.5. The number of amides is 1. The van der Waals surface area contributed by atoms with E-state index in [0.717, 1.165) is 28.9 Å². The average molecular weight is 235 g/mol. The Kier molecular flexibility index (Phi) is 3.36. The summed E-state index contributed by atoms with van der Waals surface area (Å²) < 4.78 is 4.32. The zero-order valence-corrected chi connectivity index (χ0v) is 9.59. The van der Waals surface area contributed by atoms with E-state index in [2.05, 4.69) is 9.69 Å². The number of rotatable bonds is 5. The van der Waals surface area contributed by atoms with Crippen molar-refractivity contribution in [2.45, 2.75) is 12.8 Å². The highest BCUT2D eigenvalue weighted by molar-refractivity contribution is 7.11. The van der Waals surface area contributed by atoms with Crippen LogP contribution in [0.15, 0.2) is 24.3 Å². The van der Waals surface area contributed by atoms with Gasteiger partial charge in [0.05, 0.1) is 5.52 Å². The fraction of sp³-hybridized carbons (Fsp3) is 0.273. The van der Waals surface area contributed by atoms with Gasteiger partial charge in [0.25, 0.3) is 0 Å². The molecule has 3 N–H and O–H groups in total. The minimum Gasteiger partial charge on any atom is -0.375 e. The lowest BCUT2D eigenvalue weighted by atomic mass is 10.2. The largest absolute Gasteiger partial charge is 0.375 e. The Hall–Kier alpha value is -1.62. The van der Waals surface area contributed by atoms with E-state index < -0.39 is 0 Å². The average Bonchev–Trinajstić information content (AvgIpc) is 2.68. The maximum atomic E-state index is 10.6. The van der Waals surface area contributed by atoms with Crippen LogP contribution in [0.4, 0.5) is 5.00 Å². The lowest BCUT2D eigenvalue weighted by molar-refractivity contribution is -0.118. The van der Waals surface area contributed by atoms with Gasteiger partial charge in [0.1, 0.15) is 5.00 Å². The quantitative estimate of drug-likeness (QED) is 0.778. The van der Waals surface area contributed by atoms with Crippen LogP contribution in [-0.4, -0.2) is 16.8 Å². The number of primary amides is 1. The molecule has 2 aromatic rings. The highest BCUT2D eigenvalue weighted by atomic mass is 32.1. The summed E-state index contributed by atoms with van der Waals surface area (Å²) >= 11 is 1.44. The first-order valence-corrected chi connectivity index (χ1v) is 5.91. The molecular formula is C11H13N3OS. The number of fused-ring (bicyclic) bond motifs is 1. The van der Waals surface area contributed by atoms with E-state index in [0.29, 0.717) is 6.42 Å². The fourth-order valence-electron chi connectivity index (χ4n) is 1.48. The molecule has 0 saturated carbocycles. The predicted molar refractivity (Wildman–Crippen MR) is 66.5 cm³/mol. The highest BCUT2D eigenvalue weighted by Gasteiger charge is 2.03. The van der Waals surface area contributed by atoms with E-state index in [1.165, 1.54) is 11.5 Å². The molecule has 1 aromatic carbocycles. The van der Waals surface area contributed by atoms with Crippen LogP contribution in [0, 0.1) is 0 Å². The highest BCUT2D eigenvalue weighted by Crippen LogP contribution is 2.26. The van der Waals surface area contributed by atoms with Crippen molar-refractivity contribution in [3.05, 3.63) is 24.3 Å². The van der Waals surface area contributed by atoms with Gasteiger partial charge in [0.15, 0.2) is 0 Å². The van der Waals surface area contributed by atoms with Gasteiger partial charge in [0, 0.05) is 18.4 Å². The molecule has 4 nitrogen and oxygen atoms in total. The van der Waals surface area contributed by atoms with Gasteiger partial charge in [-0.25, -0.2) is 0 Å². The molecule has 1 amide bonds. The molecule has 0 aliphatic carbocycles. The predicted octanol–water partition coefficient (Wildman–Crippen LogP) is 1.97. The van der Waals surface area contributed by atoms with Crippen molar-refractivity contribution >= 4 is 33.3 Å². The van der Waals surface area contributed by atoms with Crippen LogP contribution in [0.1, 0.15) is 12.8 Å². The molecule has 0 spiro atoms. The van der Waals surface area contributed by atoms with E-state index in [-0.39, 0.29) is 5.91 Å². The Labute approximate surface area is 97.6 Å². The Bertz CT molecular complexity index is 495. The van der Waals surface area contributed by atoms with E-state index in [1.807, 2.05) is 24.3 Å². The molecule has 0 atom stereocenters. The van der Waals surface area contributed by atoms with Crippen LogP contribution in [-0.2, 0) is 4.79 Å². The topological polar surface area (TPSA) is 68.0 Å². The SMILES string of the molecule is NC(=O)CCCNc1snc2ccccc12. The van der Waals surface area contributed by atoms with E-state index >= 15 is 0 Å². The third-order valence-electron chi connectivity index (χ3n) is 2.27. The fourth-order valence-corrected chi connectivity index (χ4v) is 2.27. The van der Waals surface area contributed by atoms with E-state index in [9.17, 15) is 4.79 Å². The van der Waals surface area contributed by atoms with Crippen molar-refractivity contribution in [3.63, 3.8) is 0 Å². The zero-order valence-electron chi connectivity index (χ0n) is 8.77.